The Morgan fingerprint density at radius 2 is 2.75 bits per heavy atom. The number of fused-ring (bicyclic) bond motifs is 1. The Bertz CT molecular complexity index is 176. The highest BCUT2D eigenvalue weighted by atomic mass is 32.2. The molecule has 2 heterocycles. The Kier molecular flexibility index (Phi) is 0.842. The molecule has 1 aromatic heterocycles. The highest BCUT2D eigenvalue weighted by molar-refractivity contribution is 7.99. The van der Waals surface area contributed by atoms with Gasteiger partial charge in [0.2, 0.25) is 0 Å². The molecule has 0 unspecified atom stereocenters. The predicted molar refractivity (Wildman–Crippen MR) is 33.0 cm³/mol. The van der Waals surface area contributed by atoms with Gasteiger partial charge in [-0.1, -0.05) is 0 Å². The second-order valence-corrected chi connectivity index (χ2v) is 2.95. The number of hydrogen-bond acceptors (Lipinski definition) is 2. The van der Waals surface area contributed by atoms with Crippen LogP contribution in [0.4, 0.5) is 0 Å². The molecule has 8 heavy (non-hydrogen) atoms. The van der Waals surface area contributed by atoms with Crippen molar-refractivity contribution in [1.29, 1.82) is 0 Å². The van der Waals surface area contributed by atoms with E-state index in [0.29, 0.717) is 0 Å². The first-order chi connectivity index (χ1) is 3.97. The monoisotopic (exact) mass is 126 g/mol. The summed E-state index contributed by atoms with van der Waals surface area (Å²) in [5.41, 5.74) is 1.31. The molecule has 42 valence electrons. The number of rotatable bonds is 0. The Balaban J connectivity index is 2.54. The van der Waals surface area contributed by atoms with E-state index in [9.17, 15) is 0 Å². The molecule has 0 amide bonds. The molecule has 1 aromatic rings. The standard InChI is InChI=1S/C5H6N2S/c1-2-8-5-3-6-7-4(1)5/h3H,1-2H2,(H,6,7). The van der Waals surface area contributed by atoms with Gasteiger partial charge < -0.3 is 0 Å². The van der Waals surface area contributed by atoms with Gasteiger partial charge in [0.15, 0.2) is 0 Å². The molecule has 0 aliphatic carbocycles. The van der Waals surface area contributed by atoms with Crippen molar-refractivity contribution in [3.8, 4) is 0 Å². The largest absolute Gasteiger partial charge is 0.281 e. The van der Waals surface area contributed by atoms with Crippen molar-refractivity contribution < 1.29 is 0 Å². The molecule has 0 fully saturated rings. The highest BCUT2D eigenvalue weighted by Gasteiger charge is 2.11. The van der Waals surface area contributed by atoms with Gasteiger partial charge in [-0.05, 0) is 6.42 Å². The van der Waals surface area contributed by atoms with E-state index in [1.165, 1.54) is 22.8 Å². The summed E-state index contributed by atoms with van der Waals surface area (Å²) in [6, 6.07) is 0. The summed E-state index contributed by atoms with van der Waals surface area (Å²) in [7, 11) is 0. The predicted octanol–water partition coefficient (Wildman–Crippen LogP) is 1.06. The topological polar surface area (TPSA) is 28.7 Å². The molecule has 0 saturated heterocycles. The van der Waals surface area contributed by atoms with Crippen molar-refractivity contribution in [2.24, 2.45) is 0 Å². The fraction of sp³-hybridized carbons (Fsp3) is 0.400. The van der Waals surface area contributed by atoms with Crippen molar-refractivity contribution in [3.05, 3.63) is 11.9 Å². The Hall–Kier alpha value is -0.440. The van der Waals surface area contributed by atoms with Gasteiger partial charge in [0.25, 0.3) is 0 Å². The van der Waals surface area contributed by atoms with Gasteiger partial charge in [-0.15, -0.1) is 11.8 Å². The summed E-state index contributed by atoms with van der Waals surface area (Å²) in [6.07, 6.45) is 3.06. The molecule has 2 rings (SSSR count). The Morgan fingerprint density at radius 3 is 3.62 bits per heavy atom. The second-order valence-electron chi connectivity index (χ2n) is 1.81. The van der Waals surface area contributed by atoms with E-state index < -0.39 is 0 Å². The second kappa shape index (κ2) is 1.52. The van der Waals surface area contributed by atoms with Gasteiger partial charge in [0.05, 0.1) is 6.20 Å². The maximum atomic E-state index is 3.90. The summed E-state index contributed by atoms with van der Waals surface area (Å²) < 4.78 is 0. The van der Waals surface area contributed by atoms with E-state index in [1.807, 2.05) is 18.0 Å². The van der Waals surface area contributed by atoms with E-state index in [2.05, 4.69) is 10.2 Å². The fourth-order valence-electron chi connectivity index (χ4n) is 0.868. The Morgan fingerprint density at radius 1 is 1.75 bits per heavy atom. The SMILES string of the molecule is c1n[nH]c2c1SCC2. The average Bonchev–Trinajstić information content (AvgIpc) is 2.15. The van der Waals surface area contributed by atoms with Crippen LogP contribution in [0.15, 0.2) is 11.1 Å². The number of thioether (sulfide) groups is 1. The molecule has 1 aliphatic heterocycles. The molecular weight excluding hydrogens is 120 g/mol. The zero-order valence-electron chi connectivity index (χ0n) is 4.35. The quantitative estimate of drug-likeness (QED) is 0.563. The van der Waals surface area contributed by atoms with E-state index in [4.69, 9.17) is 0 Å². The number of aromatic nitrogens is 2. The van der Waals surface area contributed by atoms with Crippen LogP contribution in [0.2, 0.25) is 0 Å². The average molecular weight is 126 g/mol. The number of nitrogens with one attached hydrogen (secondary N) is 1. The summed E-state index contributed by atoms with van der Waals surface area (Å²) in [5, 5.41) is 6.84. The number of aromatic amines is 1. The fourth-order valence-corrected chi connectivity index (χ4v) is 1.84. The summed E-state index contributed by atoms with van der Waals surface area (Å²) in [6.45, 7) is 0. The normalized spacial score (nSPS) is 16.5. The molecule has 0 aromatic carbocycles. The summed E-state index contributed by atoms with van der Waals surface area (Å²) in [5.74, 6) is 1.23. The lowest BCUT2D eigenvalue weighted by Gasteiger charge is -1.77. The van der Waals surface area contributed by atoms with Gasteiger partial charge in [-0.25, -0.2) is 0 Å². The van der Waals surface area contributed by atoms with Gasteiger partial charge >= 0.3 is 0 Å². The third kappa shape index (κ3) is 0.478. The minimum absolute atomic E-state index is 1.17. The van der Waals surface area contributed by atoms with Crippen LogP contribution in [-0.2, 0) is 6.42 Å². The van der Waals surface area contributed by atoms with Crippen LogP contribution in [0, 0.1) is 0 Å². The van der Waals surface area contributed by atoms with Crippen LogP contribution < -0.4 is 0 Å². The molecule has 1 aliphatic rings. The van der Waals surface area contributed by atoms with E-state index in [-0.39, 0.29) is 0 Å². The third-order valence-corrected chi connectivity index (χ3v) is 2.36. The minimum atomic E-state index is 1.17. The lowest BCUT2D eigenvalue weighted by molar-refractivity contribution is 0.982. The lowest BCUT2D eigenvalue weighted by atomic mass is 10.4. The molecule has 0 saturated carbocycles. The van der Waals surface area contributed by atoms with E-state index in [1.54, 1.807) is 0 Å². The van der Waals surface area contributed by atoms with Crippen molar-refractivity contribution in [1.82, 2.24) is 10.2 Å². The van der Waals surface area contributed by atoms with E-state index >= 15 is 0 Å². The first kappa shape index (κ1) is 4.44. The highest BCUT2D eigenvalue weighted by Crippen LogP contribution is 2.28. The van der Waals surface area contributed by atoms with Crippen LogP contribution in [-0.4, -0.2) is 16.0 Å². The molecule has 1 N–H and O–H groups in total. The number of H-pyrrole nitrogens is 1. The van der Waals surface area contributed by atoms with Crippen molar-refractivity contribution in [2.75, 3.05) is 5.75 Å². The number of aryl methyl sites for hydroxylation is 1. The maximum absolute atomic E-state index is 3.90. The van der Waals surface area contributed by atoms with Crippen LogP contribution >= 0.6 is 11.8 Å². The minimum Gasteiger partial charge on any atom is -0.281 e. The number of hydrogen-bond donors (Lipinski definition) is 1. The molecule has 3 heteroatoms. The molecule has 0 atom stereocenters. The first-order valence-corrected chi connectivity index (χ1v) is 3.60. The van der Waals surface area contributed by atoms with Crippen molar-refractivity contribution in [3.63, 3.8) is 0 Å². The van der Waals surface area contributed by atoms with Crippen LogP contribution in [0.3, 0.4) is 0 Å². The van der Waals surface area contributed by atoms with Gasteiger partial charge in [0, 0.05) is 16.3 Å². The zero-order valence-corrected chi connectivity index (χ0v) is 5.16. The van der Waals surface area contributed by atoms with Gasteiger partial charge in [-0.3, -0.25) is 5.10 Å². The maximum Gasteiger partial charge on any atom is 0.0626 e. The van der Waals surface area contributed by atoms with Crippen molar-refractivity contribution >= 4 is 11.8 Å². The summed E-state index contributed by atoms with van der Waals surface area (Å²) >= 11 is 1.88. The number of nitrogens with zero attached hydrogens (tertiary/aromatic N) is 1. The third-order valence-electron chi connectivity index (χ3n) is 1.29. The lowest BCUT2D eigenvalue weighted by Crippen LogP contribution is -1.79. The molecular formula is C5H6N2S. The smallest absolute Gasteiger partial charge is 0.0626 e. The molecule has 0 bridgehead atoms. The van der Waals surface area contributed by atoms with Crippen LogP contribution in [0.5, 0.6) is 0 Å². The van der Waals surface area contributed by atoms with Gasteiger partial charge in [0.1, 0.15) is 0 Å². The Labute approximate surface area is 51.7 Å². The van der Waals surface area contributed by atoms with Gasteiger partial charge in [-0.2, -0.15) is 5.10 Å². The molecule has 2 nitrogen and oxygen atoms in total. The van der Waals surface area contributed by atoms with E-state index in [0.717, 1.165) is 0 Å². The van der Waals surface area contributed by atoms with Crippen LogP contribution in [0.25, 0.3) is 0 Å². The van der Waals surface area contributed by atoms with Crippen molar-refractivity contribution in [2.45, 2.75) is 11.3 Å². The molecule has 0 spiro atoms. The summed E-state index contributed by atoms with van der Waals surface area (Å²) in [4.78, 5) is 1.34. The molecule has 0 radical (unpaired) electrons. The zero-order chi connectivity index (χ0) is 5.40. The first-order valence-electron chi connectivity index (χ1n) is 2.62. The van der Waals surface area contributed by atoms with Crippen LogP contribution in [0.1, 0.15) is 5.69 Å².